The van der Waals surface area contributed by atoms with E-state index in [2.05, 4.69) is 0 Å². The van der Waals surface area contributed by atoms with Crippen LogP contribution in [0.4, 0.5) is 0 Å². The number of Topliss-reactive ketones (excluding diaryl/α,β-unsaturated/α-hetero) is 1. The zero-order chi connectivity index (χ0) is 20.2. The third-order valence-corrected chi connectivity index (χ3v) is 5.67. The number of hydrogen-bond acceptors (Lipinski definition) is 5. The fourth-order valence-corrected chi connectivity index (χ4v) is 4.08. The first-order chi connectivity index (χ1) is 11.9. The SMILES string of the molecule is CC(C)CCC(=O)[C@@]1([O-])C([O-])[C@@H](C([O-])CC(C)C)C([O-])[C@@H]1CCC(C)C.[K+].[K+]. The third-order valence-electron chi connectivity index (χ3n) is 5.67. The van der Waals surface area contributed by atoms with Gasteiger partial charge in [-0.05, 0) is 24.2 Å². The summed E-state index contributed by atoms with van der Waals surface area (Å²) in [6.45, 7) is 11.5. The normalized spacial score (nSPS) is 31.0. The van der Waals surface area contributed by atoms with E-state index in [0.717, 1.165) is 0 Å². The molecule has 5 nitrogen and oxygen atoms in total. The summed E-state index contributed by atoms with van der Waals surface area (Å²) >= 11 is 0. The quantitative estimate of drug-likeness (QED) is 0.310. The van der Waals surface area contributed by atoms with Crippen molar-refractivity contribution in [2.75, 3.05) is 0 Å². The smallest absolute Gasteiger partial charge is 0.852 e. The second-order valence-electron chi connectivity index (χ2n) is 9.36. The molecule has 1 rings (SSSR count). The van der Waals surface area contributed by atoms with Crippen LogP contribution in [0.5, 0.6) is 0 Å². The van der Waals surface area contributed by atoms with Gasteiger partial charge in [0.15, 0.2) is 0 Å². The summed E-state index contributed by atoms with van der Waals surface area (Å²) in [5.41, 5.74) is -2.44. The van der Waals surface area contributed by atoms with Crippen molar-refractivity contribution in [1.82, 2.24) is 0 Å². The molecule has 7 heteroatoms. The predicted molar refractivity (Wildman–Crippen MR) is 93.7 cm³/mol. The third kappa shape index (κ3) is 8.61. The van der Waals surface area contributed by atoms with Gasteiger partial charge >= 0.3 is 103 Å². The average molecular weight is 447 g/mol. The Kier molecular flexibility index (Phi) is 17.5. The van der Waals surface area contributed by atoms with E-state index in [4.69, 9.17) is 0 Å². The number of carbonyl (C=O) groups excluding carboxylic acids is 1. The van der Waals surface area contributed by atoms with Gasteiger partial charge in [-0.25, -0.2) is 0 Å². The van der Waals surface area contributed by atoms with Crippen LogP contribution in [0.1, 0.15) is 73.6 Å². The summed E-state index contributed by atoms with van der Waals surface area (Å²) < 4.78 is 0. The van der Waals surface area contributed by atoms with Crippen molar-refractivity contribution in [2.45, 2.75) is 97.6 Å². The molecule has 0 saturated heterocycles. The molecule has 28 heavy (non-hydrogen) atoms. The van der Waals surface area contributed by atoms with Gasteiger partial charge in [0, 0.05) is 6.42 Å². The van der Waals surface area contributed by atoms with Crippen LogP contribution in [0.3, 0.4) is 0 Å². The fraction of sp³-hybridized carbons (Fsp3) is 0.952. The predicted octanol–water partition coefficient (Wildman–Crippen LogP) is -5.99. The second-order valence-corrected chi connectivity index (χ2v) is 9.36. The van der Waals surface area contributed by atoms with Gasteiger partial charge in [-0.1, -0.05) is 78.2 Å². The Morgan fingerprint density at radius 1 is 0.929 bits per heavy atom. The minimum Gasteiger partial charge on any atom is -0.852 e. The van der Waals surface area contributed by atoms with E-state index in [1.54, 1.807) is 0 Å². The van der Waals surface area contributed by atoms with Gasteiger partial charge in [0.2, 0.25) is 0 Å². The van der Waals surface area contributed by atoms with Crippen LogP contribution in [0, 0.1) is 29.6 Å². The molecule has 0 aromatic rings. The molecule has 0 radical (unpaired) electrons. The first kappa shape index (κ1) is 33.0. The Labute approximate surface area is 256 Å². The van der Waals surface area contributed by atoms with Gasteiger partial charge in [-0.3, -0.25) is 0 Å². The maximum absolute atomic E-state index is 13.5. The molecule has 1 aliphatic carbocycles. The maximum atomic E-state index is 13.5. The zero-order valence-electron chi connectivity index (χ0n) is 19.2. The van der Waals surface area contributed by atoms with E-state index in [9.17, 15) is 25.2 Å². The molecule has 154 valence electrons. The topological polar surface area (TPSA) is 109 Å². The Morgan fingerprint density at radius 2 is 1.43 bits per heavy atom. The minimum absolute atomic E-state index is 0. The van der Waals surface area contributed by atoms with Crippen molar-refractivity contribution in [2.24, 2.45) is 29.6 Å². The number of ketones is 1. The summed E-state index contributed by atoms with van der Waals surface area (Å²) in [4.78, 5) is 12.7. The first-order valence-corrected chi connectivity index (χ1v) is 10.1. The van der Waals surface area contributed by atoms with E-state index in [-0.39, 0.29) is 140 Å². The van der Waals surface area contributed by atoms with Crippen molar-refractivity contribution in [1.29, 1.82) is 0 Å². The van der Waals surface area contributed by atoms with E-state index in [1.807, 2.05) is 41.5 Å². The van der Waals surface area contributed by atoms with Crippen LogP contribution in [0.25, 0.3) is 0 Å². The first-order valence-electron chi connectivity index (χ1n) is 10.1. The molecule has 6 atom stereocenters. The molecule has 3 unspecified atom stereocenters. The average Bonchev–Trinajstić information content (AvgIpc) is 2.69. The number of carbonyl (C=O) groups is 1. The largest absolute Gasteiger partial charge is 1.00 e. The van der Waals surface area contributed by atoms with Crippen LogP contribution < -0.4 is 123 Å². The number of hydrogen-bond donors (Lipinski definition) is 0. The van der Waals surface area contributed by atoms with Gasteiger partial charge < -0.3 is 25.2 Å². The monoisotopic (exact) mass is 446 g/mol. The van der Waals surface area contributed by atoms with Crippen molar-refractivity contribution >= 4 is 5.78 Å². The summed E-state index contributed by atoms with van der Waals surface area (Å²) in [5, 5.41) is 52.0. The maximum Gasteiger partial charge on any atom is 1.00 e. The van der Waals surface area contributed by atoms with Gasteiger partial charge in [-0.15, -0.1) is 18.3 Å². The summed E-state index contributed by atoms with van der Waals surface area (Å²) in [7, 11) is 0. The van der Waals surface area contributed by atoms with Crippen molar-refractivity contribution in [3.63, 3.8) is 0 Å². The molecular weight excluding hydrogens is 410 g/mol. The van der Waals surface area contributed by atoms with E-state index in [0.29, 0.717) is 12.8 Å². The molecular formula is C21H36K2O5-2. The van der Waals surface area contributed by atoms with Gasteiger partial charge in [-0.2, -0.15) is 0 Å². The summed E-state index contributed by atoms with van der Waals surface area (Å²) in [5.74, 6) is -2.48. The van der Waals surface area contributed by atoms with Crippen molar-refractivity contribution in [3.8, 4) is 0 Å². The second kappa shape index (κ2) is 14.8. The minimum atomic E-state index is -2.44. The molecule has 0 amide bonds. The van der Waals surface area contributed by atoms with Crippen LogP contribution in [0.2, 0.25) is 0 Å². The molecule has 0 aliphatic heterocycles. The Bertz CT molecular complexity index is 458. The van der Waals surface area contributed by atoms with Crippen LogP contribution >= 0.6 is 0 Å². The van der Waals surface area contributed by atoms with Crippen molar-refractivity contribution < 1.29 is 128 Å². The molecule has 1 saturated carbocycles. The molecule has 0 bridgehead atoms. The molecule has 0 heterocycles. The van der Waals surface area contributed by atoms with Gasteiger partial charge in [0.25, 0.3) is 0 Å². The summed E-state index contributed by atoms with van der Waals surface area (Å²) in [6, 6.07) is 0. The Balaban J connectivity index is 0. The molecule has 1 aliphatic rings. The standard InChI is InChI=1S/C21H36O5.2K/c1-12(2)7-9-15-19(24)18(16(22)11-14(5)6)20(25)21(15,26)17(23)10-8-13(3)4;;/h12-16,18-20H,7-11H2,1-6H3;;/q-4;2*+1/t15-,16?,18-,19?,20?,21+;;/m0../s1. The fourth-order valence-electron chi connectivity index (χ4n) is 4.08. The molecule has 1 fully saturated rings. The van der Waals surface area contributed by atoms with Gasteiger partial charge in [0.1, 0.15) is 5.78 Å². The molecule has 0 spiro atoms. The van der Waals surface area contributed by atoms with E-state index in [1.165, 1.54) is 0 Å². The Morgan fingerprint density at radius 3 is 1.86 bits per heavy atom. The summed E-state index contributed by atoms with van der Waals surface area (Å²) in [6.07, 6.45) is -3.23. The Hall–Kier alpha value is 2.78. The van der Waals surface area contributed by atoms with Crippen LogP contribution in [0.15, 0.2) is 0 Å². The molecule has 0 aromatic carbocycles. The van der Waals surface area contributed by atoms with E-state index >= 15 is 0 Å². The molecule has 0 N–H and O–H groups in total. The van der Waals surface area contributed by atoms with Crippen molar-refractivity contribution in [3.05, 3.63) is 0 Å². The molecule has 0 aromatic heterocycles. The van der Waals surface area contributed by atoms with Gasteiger partial charge in [0.05, 0.1) is 0 Å². The van der Waals surface area contributed by atoms with Crippen LogP contribution in [-0.4, -0.2) is 29.7 Å². The van der Waals surface area contributed by atoms with Crippen LogP contribution in [-0.2, 0) is 4.79 Å². The number of rotatable bonds is 10. The zero-order valence-corrected chi connectivity index (χ0v) is 25.4. The van der Waals surface area contributed by atoms with E-state index < -0.39 is 41.5 Å².